The number of hydrogen-bond acceptors (Lipinski definition) is 4. The van der Waals surface area contributed by atoms with Gasteiger partial charge in [-0.25, -0.2) is 9.97 Å². The smallest absolute Gasteiger partial charge is 0.188 e. The van der Waals surface area contributed by atoms with Crippen LogP contribution in [0, 0.1) is 0 Å². The molecule has 3 nitrogen and oxygen atoms in total. The van der Waals surface area contributed by atoms with Gasteiger partial charge in [-0.05, 0) is 13.2 Å². The summed E-state index contributed by atoms with van der Waals surface area (Å²) in [5, 5.41) is 0.798. The summed E-state index contributed by atoms with van der Waals surface area (Å²) in [5.74, 6) is -0.118. The first-order chi connectivity index (χ1) is 5.65. The second-order valence-electron chi connectivity index (χ2n) is 2.12. The molecule has 5 heteroatoms. The number of rotatable bonds is 2. The predicted molar refractivity (Wildman–Crippen MR) is 48.8 cm³/mol. The summed E-state index contributed by atoms with van der Waals surface area (Å²) in [7, 11) is 0. The molecular formula is C7H7ClN2OS. The molecule has 0 atom stereocenters. The lowest BCUT2D eigenvalue weighted by atomic mass is 10.2. The molecule has 0 radical (unpaired) electrons. The Balaban J connectivity index is 3.12. The van der Waals surface area contributed by atoms with Crippen LogP contribution in [0.15, 0.2) is 11.4 Å². The SMILES string of the molecule is CSc1ncc(C(C)=O)c(Cl)n1. The third-order valence-corrected chi connectivity index (χ3v) is 2.13. The van der Waals surface area contributed by atoms with Crippen LogP contribution in [0.1, 0.15) is 17.3 Å². The van der Waals surface area contributed by atoms with Crippen molar-refractivity contribution >= 4 is 29.1 Å². The second-order valence-corrected chi connectivity index (χ2v) is 3.25. The molecule has 1 aromatic heterocycles. The molecule has 0 N–H and O–H groups in total. The van der Waals surface area contributed by atoms with Gasteiger partial charge in [0.05, 0.1) is 5.56 Å². The highest BCUT2D eigenvalue weighted by molar-refractivity contribution is 7.98. The van der Waals surface area contributed by atoms with Gasteiger partial charge in [0.1, 0.15) is 5.15 Å². The first-order valence-electron chi connectivity index (χ1n) is 3.22. The van der Waals surface area contributed by atoms with Gasteiger partial charge in [0.15, 0.2) is 10.9 Å². The van der Waals surface area contributed by atoms with E-state index in [2.05, 4.69) is 9.97 Å². The van der Waals surface area contributed by atoms with Crippen LogP contribution < -0.4 is 0 Å². The van der Waals surface area contributed by atoms with E-state index in [-0.39, 0.29) is 10.9 Å². The van der Waals surface area contributed by atoms with Crippen molar-refractivity contribution in [2.75, 3.05) is 6.26 Å². The molecule has 12 heavy (non-hydrogen) atoms. The van der Waals surface area contributed by atoms with Crippen LogP contribution >= 0.6 is 23.4 Å². The molecule has 0 aliphatic heterocycles. The van der Waals surface area contributed by atoms with E-state index in [1.807, 2.05) is 6.26 Å². The highest BCUT2D eigenvalue weighted by atomic mass is 35.5. The molecule has 1 aromatic rings. The summed E-state index contributed by atoms with van der Waals surface area (Å²) >= 11 is 7.10. The van der Waals surface area contributed by atoms with Gasteiger partial charge < -0.3 is 0 Å². The summed E-state index contributed by atoms with van der Waals surface area (Å²) in [6, 6.07) is 0. The highest BCUT2D eigenvalue weighted by Gasteiger charge is 2.07. The molecule has 1 rings (SSSR count). The minimum atomic E-state index is -0.118. The van der Waals surface area contributed by atoms with E-state index in [0.29, 0.717) is 10.7 Å². The molecule has 0 unspecified atom stereocenters. The summed E-state index contributed by atoms with van der Waals surface area (Å²) < 4.78 is 0. The number of carbonyl (C=O) groups is 1. The molecule has 0 aromatic carbocycles. The highest BCUT2D eigenvalue weighted by Crippen LogP contribution is 2.16. The Labute approximate surface area is 79.6 Å². The Bertz CT molecular complexity index is 316. The number of halogens is 1. The standard InChI is InChI=1S/C7H7ClN2OS/c1-4(11)5-3-9-7(12-2)10-6(5)8/h3H,1-2H3. The molecule has 0 aliphatic rings. The minimum Gasteiger partial charge on any atom is -0.294 e. The van der Waals surface area contributed by atoms with Crippen molar-refractivity contribution in [2.24, 2.45) is 0 Å². The molecule has 0 bridgehead atoms. The summed E-state index contributed by atoms with van der Waals surface area (Å²) in [6.07, 6.45) is 3.29. The zero-order valence-electron chi connectivity index (χ0n) is 6.67. The fraction of sp³-hybridized carbons (Fsp3) is 0.286. The van der Waals surface area contributed by atoms with Crippen molar-refractivity contribution in [1.29, 1.82) is 0 Å². The average molecular weight is 203 g/mol. The molecular weight excluding hydrogens is 196 g/mol. The molecule has 0 amide bonds. The monoisotopic (exact) mass is 202 g/mol. The van der Waals surface area contributed by atoms with E-state index in [1.54, 1.807) is 0 Å². The Morgan fingerprint density at radius 1 is 1.67 bits per heavy atom. The molecule has 1 heterocycles. The average Bonchev–Trinajstić information content (AvgIpc) is 2.03. The molecule has 0 aliphatic carbocycles. The van der Waals surface area contributed by atoms with Crippen molar-refractivity contribution in [3.63, 3.8) is 0 Å². The third-order valence-electron chi connectivity index (χ3n) is 1.28. The Kier molecular flexibility index (Phi) is 3.05. The summed E-state index contributed by atoms with van der Waals surface area (Å²) in [4.78, 5) is 18.7. The van der Waals surface area contributed by atoms with E-state index < -0.39 is 0 Å². The van der Waals surface area contributed by atoms with E-state index in [1.165, 1.54) is 24.9 Å². The number of aromatic nitrogens is 2. The van der Waals surface area contributed by atoms with Crippen LogP contribution in [0.25, 0.3) is 0 Å². The molecule has 0 fully saturated rings. The van der Waals surface area contributed by atoms with Crippen LogP contribution in [0.5, 0.6) is 0 Å². The number of nitrogens with zero attached hydrogens (tertiary/aromatic N) is 2. The minimum absolute atomic E-state index is 0.118. The van der Waals surface area contributed by atoms with Crippen molar-refractivity contribution < 1.29 is 4.79 Å². The van der Waals surface area contributed by atoms with Gasteiger partial charge in [0, 0.05) is 6.20 Å². The van der Waals surface area contributed by atoms with Gasteiger partial charge in [-0.15, -0.1) is 0 Å². The first-order valence-corrected chi connectivity index (χ1v) is 4.83. The molecule has 0 spiro atoms. The number of thioether (sulfide) groups is 1. The van der Waals surface area contributed by atoms with Crippen LogP contribution in [-0.2, 0) is 0 Å². The number of Topliss-reactive ketones (excluding diaryl/α,β-unsaturated/α-hetero) is 1. The van der Waals surface area contributed by atoms with Crippen molar-refractivity contribution in [1.82, 2.24) is 9.97 Å². The van der Waals surface area contributed by atoms with Crippen molar-refractivity contribution in [2.45, 2.75) is 12.1 Å². The predicted octanol–water partition coefficient (Wildman–Crippen LogP) is 2.05. The topological polar surface area (TPSA) is 42.9 Å². The van der Waals surface area contributed by atoms with Gasteiger partial charge in [-0.3, -0.25) is 4.79 Å². The van der Waals surface area contributed by atoms with Crippen molar-refractivity contribution in [3.8, 4) is 0 Å². The zero-order chi connectivity index (χ0) is 9.14. The zero-order valence-corrected chi connectivity index (χ0v) is 8.24. The fourth-order valence-corrected chi connectivity index (χ4v) is 1.33. The van der Waals surface area contributed by atoms with E-state index in [9.17, 15) is 4.79 Å². The normalized spacial score (nSPS) is 9.92. The first kappa shape index (κ1) is 9.48. The van der Waals surface area contributed by atoms with Crippen LogP contribution in [0.3, 0.4) is 0 Å². The Hall–Kier alpha value is -0.610. The Morgan fingerprint density at radius 3 is 2.75 bits per heavy atom. The van der Waals surface area contributed by atoms with Crippen LogP contribution in [-0.4, -0.2) is 22.0 Å². The Morgan fingerprint density at radius 2 is 2.33 bits per heavy atom. The van der Waals surface area contributed by atoms with Gasteiger partial charge in [-0.1, -0.05) is 23.4 Å². The van der Waals surface area contributed by atoms with Gasteiger partial charge in [0.2, 0.25) is 0 Å². The van der Waals surface area contributed by atoms with Crippen LogP contribution in [0.4, 0.5) is 0 Å². The number of carbonyl (C=O) groups excluding carboxylic acids is 1. The molecule has 64 valence electrons. The van der Waals surface area contributed by atoms with Gasteiger partial charge >= 0.3 is 0 Å². The van der Waals surface area contributed by atoms with Crippen molar-refractivity contribution in [3.05, 3.63) is 16.9 Å². The van der Waals surface area contributed by atoms with E-state index in [4.69, 9.17) is 11.6 Å². The number of hydrogen-bond donors (Lipinski definition) is 0. The van der Waals surface area contributed by atoms with Gasteiger partial charge in [0.25, 0.3) is 0 Å². The lowest BCUT2D eigenvalue weighted by molar-refractivity contribution is 0.101. The fourth-order valence-electron chi connectivity index (χ4n) is 0.681. The maximum Gasteiger partial charge on any atom is 0.188 e. The molecule has 0 saturated carbocycles. The maximum absolute atomic E-state index is 10.9. The maximum atomic E-state index is 10.9. The number of ketones is 1. The largest absolute Gasteiger partial charge is 0.294 e. The second kappa shape index (κ2) is 3.87. The lowest BCUT2D eigenvalue weighted by Crippen LogP contribution is -1.98. The lowest BCUT2D eigenvalue weighted by Gasteiger charge is -1.99. The van der Waals surface area contributed by atoms with E-state index >= 15 is 0 Å². The van der Waals surface area contributed by atoms with E-state index in [0.717, 1.165) is 0 Å². The molecule has 0 saturated heterocycles. The van der Waals surface area contributed by atoms with Gasteiger partial charge in [-0.2, -0.15) is 0 Å². The summed E-state index contributed by atoms with van der Waals surface area (Å²) in [6.45, 7) is 1.43. The quantitative estimate of drug-likeness (QED) is 0.319. The van der Waals surface area contributed by atoms with Crippen LogP contribution in [0.2, 0.25) is 5.15 Å². The summed E-state index contributed by atoms with van der Waals surface area (Å²) in [5.41, 5.74) is 0.370. The third kappa shape index (κ3) is 1.95.